The largest absolute Gasteiger partial charge is 0.493 e. The molecule has 1 spiro atoms. The molecule has 3 aliphatic rings. The fourth-order valence-electron chi connectivity index (χ4n) is 3.97. The van der Waals surface area contributed by atoms with Gasteiger partial charge in [0.05, 0.1) is 27.4 Å². The molecule has 3 fully saturated rings. The van der Waals surface area contributed by atoms with Crippen molar-refractivity contribution in [2.45, 2.75) is 31.5 Å². The number of carbonyl (C=O) groups excluding carboxylic acids is 2. The van der Waals surface area contributed by atoms with E-state index in [-0.39, 0.29) is 11.8 Å². The molecular weight excluding hydrogens is 364 g/mol. The first-order valence-corrected chi connectivity index (χ1v) is 9.63. The number of nitrogens with zero attached hydrogens (tertiary/aromatic N) is 1. The maximum Gasteiger partial charge on any atom is 0.240 e. The average molecular weight is 390 g/mol. The van der Waals surface area contributed by atoms with E-state index in [0.717, 1.165) is 0 Å². The van der Waals surface area contributed by atoms with E-state index in [1.54, 1.807) is 30.2 Å². The van der Waals surface area contributed by atoms with E-state index in [4.69, 9.17) is 18.9 Å². The van der Waals surface area contributed by atoms with Crippen molar-refractivity contribution in [2.75, 3.05) is 45.8 Å². The summed E-state index contributed by atoms with van der Waals surface area (Å²) in [6.45, 7) is 2.30. The SMILES string of the molecule is COc1ccc(NC(=O)C2(C(=O)N3CCC4(CC3)OCCO4)CC2)cc1OC. The summed E-state index contributed by atoms with van der Waals surface area (Å²) < 4.78 is 21.9. The molecule has 8 nitrogen and oxygen atoms in total. The van der Waals surface area contributed by atoms with Gasteiger partial charge >= 0.3 is 0 Å². The molecule has 2 amide bonds. The van der Waals surface area contributed by atoms with Crippen molar-refractivity contribution >= 4 is 17.5 Å². The standard InChI is InChI=1S/C20H26N2O6/c1-25-15-4-3-14(13-16(15)26-2)21-17(23)19(5-6-19)18(24)22-9-7-20(8-10-22)27-11-12-28-20/h3-4,13H,5-12H2,1-2H3,(H,21,23). The van der Waals surface area contributed by atoms with Gasteiger partial charge in [0.2, 0.25) is 11.8 Å². The van der Waals surface area contributed by atoms with Crippen LogP contribution in [0.4, 0.5) is 5.69 Å². The van der Waals surface area contributed by atoms with Gasteiger partial charge in [-0.3, -0.25) is 9.59 Å². The first-order chi connectivity index (χ1) is 13.5. The van der Waals surface area contributed by atoms with Gasteiger partial charge in [0, 0.05) is 37.7 Å². The van der Waals surface area contributed by atoms with Gasteiger partial charge in [-0.25, -0.2) is 0 Å². The Labute approximate surface area is 164 Å². The van der Waals surface area contributed by atoms with Crippen LogP contribution in [0.5, 0.6) is 11.5 Å². The fourth-order valence-corrected chi connectivity index (χ4v) is 3.97. The predicted octanol–water partition coefficient (Wildman–Crippen LogP) is 1.79. The molecule has 1 saturated carbocycles. The van der Waals surface area contributed by atoms with Gasteiger partial charge in [-0.15, -0.1) is 0 Å². The van der Waals surface area contributed by atoms with E-state index in [0.29, 0.717) is 69.2 Å². The highest BCUT2D eigenvalue weighted by Crippen LogP contribution is 2.49. The minimum atomic E-state index is -0.963. The lowest BCUT2D eigenvalue weighted by molar-refractivity contribution is -0.188. The minimum Gasteiger partial charge on any atom is -0.493 e. The smallest absolute Gasteiger partial charge is 0.240 e. The molecule has 1 aromatic carbocycles. The van der Waals surface area contributed by atoms with E-state index in [1.165, 1.54) is 7.11 Å². The Hall–Kier alpha value is -2.32. The lowest BCUT2D eigenvalue weighted by Gasteiger charge is -2.38. The van der Waals surface area contributed by atoms with Crippen molar-refractivity contribution in [1.29, 1.82) is 0 Å². The highest BCUT2D eigenvalue weighted by atomic mass is 16.7. The zero-order valence-electron chi connectivity index (χ0n) is 16.3. The Morgan fingerprint density at radius 2 is 1.64 bits per heavy atom. The van der Waals surface area contributed by atoms with Crippen LogP contribution in [-0.4, -0.2) is 63.0 Å². The van der Waals surface area contributed by atoms with Crippen LogP contribution in [0, 0.1) is 5.41 Å². The molecule has 152 valence electrons. The number of hydrogen-bond donors (Lipinski definition) is 1. The maximum atomic E-state index is 13.1. The third kappa shape index (κ3) is 3.31. The van der Waals surface area contributed by atoms with Gasteiger partial charge < -0.3 is 29.2 Å². The van der Waals surface area contributed by atoms with Crippen LogP contribution in [0.2, 0.25) is 0 Å². The van der Waals surface area contributed by atoms with Crippen molar-refractivity contribution < 1.29 is 28.5 Å². The third-order valence-electron chi connectivity index (χ3n) is 5.86. The summed E-state index contributed by atoms with van der Waals surface area (Å²) in [4.78, 5) is 27.8. The summed E-state index contributed by atoms with van der Waals surface area (Å²) in [5.74, 6) is 0.206. The van der Waals surface area contributed by atoms with Gasteiger partial charge in [-0.05, 0) is 25.0 Å². The second-order valence-electron chi connectivity index (χ2n) is 7.51. The Kier molecular flexibility index (Phi) is 4.93. The zero-order valence-corrected chi connectivity index (χ0v) is 16.3. The number of amides is 2. The van der Waals surface area contributed by atoms with Crippen molar-refractivity contribution in [1.82, 2.24) is 4.90 Å². The first-order valence-electron chi connectivity index (χ1n) is 9.63. The van der Waals surface area contributed by atoms with Crippen LogP contribution in [0.25, 0.3) is 0 Å². The van der Waals surface area contributed by atoms with Crippen molar-refractivity contribution in [3.8, 4) is 11.5 Å². The average Bonchev–Trinajstić information content (AvgIpc) is 3.43. The van der Waals surface area contributed by atoms with Gasteiger partial charge in [0.1, 0.15) is 5.41 Å². The second-order valence-corrected chi connectivity index (χ2v) is 7.51. The molecule has 1 aliphatic carbocycles. The van der Waals surface area contributed by atoms with E-state index in [2.05, 4.69) is 5.32 Å². The number of nitrogens with one attached hydrogen (secondary N) is 1. The van der Waals surface area contributed by atoms with Crippen LogP contribution >= 0.6 is 0 Å². The zero-order chi connectivity index (χ0) is 19.8. The molecule has 0 atom stereocenters. The fraction of sp³-hybridized carbons (Fsp3) is 0.600. The molecule has 2 saturated heterocycles. The Bertz CT molecular complexity index is 760. The molecule has 2 aliphatic heterocycles. The summed E-state index contributed by atoms with van der Waals surface area (Å²) in [7, 11) is 3.09. The van der Waals surface area contributed by atoms with Gasteiger partial charge in [0.25, 0.3) is 0 Å². The Morgan fingerprint density at radius 3 is 2.21 bits per heavy atom. The van der Waals surface area contributed by atoms with Crippen LogP contribution < -0.4 is 14.8 Å². The quantitative estimate of drug-likeness (QED) is 0.772. The van der Waals surface area contributed by atoms with E-state index in [1.807, 2.05) is 0 Å². The molecular formula is C20H26N2O6. The lowest BCUT2D eigenvalue weighted by atomic mass is 9.98. The van der Waals surface area contributed by atoms with Crippen molar-refractivity contribution in [3.63, 3.8) is 0 Å². The van der Waals surface area contributed by atoms with Crippen LogP contribution in [-0.2, 0) is 19.1 Å². The summed E-state index contributed by atoms with van der Waals surface area (Å²) >= 11 is 0. The number of piperidine rings is 1. The molecule has 0 bridgehead atoms. The number of hydrogen-bond acceptors (Lipinski definition) is 6. The molecule has 2 heterocycles. The molecule has 1 N–H and O–H groups in total. The number of methoxy groups -OCH3 is 2. The summed E-state index contributed by atoms with van der Waals surface area (Å²) in [6, 6.07) is 5.15. The molecule has 28 heavy (non-hydrogen) atoms. The number of anilines is 1. The van der Waals surface area contributed by atoms with Crippen LogP contribution in [0.15, 0.2) is 18.2 Å². The van der Waals surface area contributed by atoms with E-state index in [9.17, 15) is 9.59 Å². The van der Waals surface area contributed by atoms with Gasteiger partial charge in [-0.1, -0.05) is 0 Å². The monoisotopic (exact) mass is 390 g/mol. The molecule has 0 aromatic heterocycles. The summed E-state index contributed by atoms with van der Waals surface area (Å²) in [5, 5.41) is 2.87. The third-order valence-corrected chi connectivity index (χ3v) is 5.86. The summed E-state index contributed by atoms with van der Waals surface area (Å²) in [5.41, 5.74) is -0.387. The molecule has 8 heteroatoms. The predicted molar refractivity (Wildman–Crippen MR) is 100 cm³/mol. The number of carbonyl (C=O) groups is 2. The van der Waals surface area contributed by atoms with Gasteiger partial charge in [0.15, 0.2) is 17.3 Å². The Morgan fingerprint density at radius 1 is 1.00 bits per heavy atom. The van der Waals surface area contributed by atoms with Crippen molar-refractivity contribution in [3.05, 3.63) is 18.2 Å². The van der Waals surface area contributed by atoms with E-state index >= 15 is 0 Å². The lowest BCUT2D eigenvalue weighted by Crippen LogP contribution is -2.51. The van der Waals surface area contributed by atoms with E-state index < -0.39 is 11.2 Å². The minimum absolute atomic E-state index is 0.0988. The highest BCUT2D eigenvalue weighted by molar-refractivity contribution is 6.13. The number of rotatable bonds is 5. The molecule has 0 unspecified atom stereocenters. The number of ether oxygens (including phenoxy) is 4. The topological polar surface area (TPSA) is 86.3 Å². The van der Waals surface area contributed by atoms with Crippen molar-refractivity contribution in [2.24, 2.45) is 5.41 Å². The normalized spacial score (nSPS) is 22.0. The molecule has 0 radical (unpaired) electrons. The molecule has 1 aromatic rings. The first kappa shape index (κ1) is 19.0. The Balaban J connectivity index is 1.41. The number of benzene rings is 1. The van der Waals surface area contributed by atoms with Crippen LogP contribution in [0.1, 0.15) is 25.7 Å². The molecule has 4 rings (SSSR count). The number of likely N-dealkylation sites (tertiary alicyclic amines) is 1. The second kappa shape index (κ2) is 7.25. The maximum absolute atomic E-state index is 13.1. The van der Waals surface area contributed by atoms with Crippen LogP contribution in [0.3, 0.4) is 0 Å². The highest BCUT2D eigenvalue weighted by Gasteiger charge is 2.58. The van der Waals surface area contributed by atoms with Gasteiger partial charge in [-0.2, -0.15) is 0 Å². The summed E-state index contributed by atoms with van der Waals surface area (Å²) in [6.07, 6.45) is 2.43.